The number of anilines is 1. The van der Waals surface area contributed by atoms with Crippen molar-refractivity contribution in [2.45, 2.75) is 50.6 Å². The van der Waals surface area contributed by atoms with E-state index in [0.29, 0.717) is 6.04 Å². The number of nitrogens with zero attached hydrogens (tertiary/aromatic N) is 2. The predicted molar refractivity (Wildman–Crippen MR) is 97.9 cm³/mol. The molecular formula is C18H23F2N3OS. The molecule has 2 fully saturated rings. The molecule has 1 heterocycles. The molecule has 1 aliphatic carbocycles. The van der Waals surface area contributed by atoms with Gasteiger partial charge in [-0.25, -0.2) is 8.78 Å². The Morgan fingerprint density at radius 1 is 1.32 bits per heavy atom. The molecule has 25 heavy (non-hydrogen) atoms. The number of nitrogens with one attached hydrogen (secondary N) is 1. The van der Waals surface area contributed by atoms with Gasteiger partial charge < -0.3 is 10.2 Å². The maximum atomic E-state index is 13.6. The van der Waals surface area contributed by atoms with Gasteiger partial charge in [-0.2, -0.15) is 0 Å². The van der Waals surface area contributed by atoms with Crippen molar-refractivity contribution < 1.29 is 13.6 Å². The van der Waals surface area contributed by atoms with Gasteiger partial charge in [0.25, 0.3) is 0 Å². The molecule has 1 atom stereocenters. The van der Waals surface area contributed by atoms with Crippen molar-refractivity contribution in [1.82, 2.24) is 4.90 Å². The normalized spacial score (nSPS) is 23.2. The Bertz CT molecular complexity index is 662. The Balaban J connectivity index is 1.57. The molecule has 1 aliphatic heterocycles. The first kappa shape index (κ1) is 18.2. The van der Waals surface area contributed by atoms with Crippen molar-refractivity contribution in [3.05, 3.63) is 29.8 Å². The summed E-state index contributed by atoms with van der Waals surface area (Å²) in [6, 6.07) is 3.45. The van der Waals surface area contributed by atoms with Crippen molar-refractivity contribution in [3.8, 4) is 0 Å². The Morgan fingerprint density at radius 3 is 2.84 bits per heavy atom. The summed E-state index contributed by atoms with van der Waals surface area (Å²) in [5.41, 5.74) is -0.116. The average molecular weight is 367 g/mol. The number of benzene rings is 1. The second kappa shape index (κ2) is 8.17. The van der Waals surface area contributed by atoms with Crippen LogP contribution in [0.3, 0.4) is 0 Å². The molecular weight excluding hydrogens is 344 g/mol. The summed E-state index contributed by atoms with van der Waals surface area (Å²) in [5, 5.41) is 3.45. The van der Waals surface area contributed by atoms with Crippen LogP contribution >= 0.6 is 11.8 Å². The van der Waals surface area contributed by atoms with Crippen LogP contribution in [0.25, 0.3) is 0 Å². The Labute approximate surface area is 151 Å². The van der Waals surface area contributed by atoms with Gasteiger partial charge in [0.1, 0.15) is 11.6 Å². The van der Waals surface area contributed by atoms with Gasteiger partial charge >= 0.3 is 0 Å². The van der Waals surface area contributed by atoms with Crippen molar-refractivity contribution in [1.29, 1.82) is 0 Å². The zero-order chi connectivity index (χ0) is 17.8. The van der Waals surface area contributed by atoms with E-state index in [1.165, 1.54) is 19.3 Å². The van der Waals surface area contributed by atoms with Crippen molar-refractivity contribution in [2.24, 2.45) is 4.99 Å². The third-order valence-corrected chi connectivity index (χ3v) is 5.95. The maximum absolute atomic E-state index is 13.6. The van der Waals surface area contributed by atoms with Gasteiger partial charge in [0.05, 0.1) is 11.7 Å². The lowest BCUT2D eigenvalue weighted by Crippen LogP contribution is -2.34. The molecule has 1 aromatic rings. The van der Waals surface area contributed by atoms with E-state index in [2.05, 4.69) is 5.32 Å². The van der Waals surface area contributed by atoms with Crippen LogP contribution in [0.5, 0.6) is 0 Å². The third-order valence-electron chi connectivity index (χ3n) is 4.75. The van der Waals surface area contributed by atoms with E-state index in [9.17, 15) is 13.6 Å². The highest BCUT2D eigenvalue weighted by molar-refractivity contribution is 8.14. The van der Waals surface area contributed by atoms with Gasteiger partial charge in [0.15, 0.2) is 5.17 Å². The molecule has 4 nitrogen and oxygen atoms in total. The molecule has 3 rings (SSSR count). The summed E-state index contributed by atoms with van der Waals surface area (Å²) in [4.78, 5) is 19.1. The number of hydrogen-bond donors (Lipinski definition) is 1. The lowest BCUT2D eigenvalue weighted by molar-refractivity contribution is -0.116. The number of halogens is 2. The Morgan fingerprint density at radius 2 is 2.08 bits per heavy atom. The zero-order valence-electron chi connectivity index (χ0n) is 14.3. The highest BCUT2D eigenvalue weighted by atomic mass is 32.2. The molecule has 0 aromatic heterocycles. The van der Waals surface area contributed by atoms with E-state index in [1.807, 2.05) is 11.9 Å². The standard InChI is InChI=1S/C18H23F2N3OS/c1-23-14(11-25-18(23)21-13-5-3-2-4-6-13)10-17(24)22-16-9-12(19)7-8-15(16)20/h7-9,13-14H,2-6,10-11H2,1H3,(H,22,24). The highest BCUT2D eigenvalue weighted by Crippen LogP contribution is 2.28. The van der Waals surface area contributed by atoms with Crippen LogP contribution in [0, 0.1) is 11.6 Å². The van der Waals surface area contributed by atoms with Crippen LogP contribution in [-0.2, 0) is 4.79 Å². The van der Waals surface area contributed by atoms with Gasteiger partial charge in [-0.1, -0.05) is 31.0 Å². The summed E-state index contributed by atoms with van der Waals surface area (Å²) in [7, 11) is 1.95. The molecule has 7 heteroatoms. The van der Waals surface area contributed by atoms with Crippen LogP contribution in [0.4, 0.5) is 14.5 Å². The van der Waals surface area contributed by atoms with E-state index < -0.39 is 11.6 Å². The fraction of sp³-hybridized carbons (Fsp3) is 0.556. The van der Waals surface area contributed by atoms with Gasteiger partial charge in [-0.15, -0.1) is 0 Å². The Hall–Kier alpha value is -1.63. The molecule has 0 radical (unpaired) electrons. The molecule has 136 valence electrons. The van der Waals surface area contributed by atoms with Crippen molar-refractivity contribution in [2.75, 3.05) is 18.1 Å². The first-order valence-corrected chi connectivity index (χ1v) is 9.70. The number of amides is 1. The molecule has 1 aromatic carbocycles. The van der Waals surface area contributed by atoms with Gasteiger partial charge in [0.2, 0.25) is 5.91 Å². The zero-order valence-corrected chi connectivity index (χ0v) is 15.1. The van der Waals surface area contributed by atoms with E-state index >= 15 is 0 Å². The van der Waals surface area contributed by atoms with Crippen molar-refractivity contribution >= 4 is 28.5 Å². The van der Waals surface area contributed by atoms with Gasteiger partial charge in [0, 0.05) is 31.3 Å². The van der Waals surface area contributed by atoms with Crippen LogP contribution < -0.4 is 5.32 Å². The molecule has 1 unspecified atom stereocenters. The van der Waals surface area contributed by atoms with Crippen LogP contribution in [0.1, 0.15) is 38.5 Å². The topological polar surface area (TPSA) is 44.7 Å². The van der Waals surface area contributed by atoms with E-state index in [1.54, 1.807) is 11.8 Å². The monoisotopic (exact) mass is 367 g/mol. The molecule has 0 bridgehead atoms. The summed E-state index contributed by atoms with van der Waals surface area (Å²) < 4.78 is 26.8. The molecule has 2 aliphatic rings. The second-order valence-electron chi connectivity index (χ2n) is 6.66. The second-order valence-corrected chi connectivity index (χ2v) is 7.64. The van der Waals surface area contributed by atoms with Crippen molar-refractivity contribution in [3.63, 3.8) is 0 Å². The largest absolute Gasteiger partial charge is 0.350 e. The lowest BCUT2D eigenvalue weighted by atomic mass is 9.96. The molecule has 0 spiro atoms. The summed E-state index contributed by atoms with van der Waals surface area (Å²) in [6.07, 6.45) is 6.28. The minimum absolute atomic E-state index is 0.0176. The minimum Gasteiger partial charge on any atom is -0.350 e. The molecule has 1 saturated carbocycles. The maximum Gasteiger partial charge on any atom is 0.226 e. The van der Waals surface area contributed by atoms with Gasteiger partial charge in [-0.05, 0) is 25.0 Å². The lowest BCUT2D eigenvalue weighted by Gasteiger charge is -2.23. The predicted octanol–water partition coefficient (Wildman–Crippen LogP) is 4.03. The third kappa shape index (κ3) is 4.71. The first-order valence-electron chi connectivity index (χ1n) is 8.71. The summed E-state index contributed by atoms with van der Waals surface area (Å²) >= 11 is 1.67. The fourth-order valence-electron chi connectivity index (χ4n) is 3.24. The number of aliphatic imine (C=N–C) groups is 1. The molecule has 1 N–H and O–H groups in total. The van der Waals surface area contributed by atoms with E-state index in [4.69, 9.17) is 4.99 Å². The minimum atomic E-state index is -0.636. The number of carbonyl (C=O) groups excluding carboxylic acids is 1. The van der Waals surface area contributed by atoms with Crippen LogP contribution in [0.2, 0.25) is 0 Å². The summed E-state index contributed by atoms with van der Waals surface area (Å²) in [6.45, 7) is 0. The first-order chi connectivity index (χ1) is 12.0. The number of thioether (sulfide) groups is 1. The Kier molecular flexibility index (Phi) is 5.93. The highest BCUT2D eigenvalue weighted by Gasteiger charge is 2.30. The molecule has 1 saturated heterocycles. The van der Waals surface area contributed by atoms with E-state index in [-0.39, 0.29) is 24.1 Å². The average Bonchev–Trinajstić information content (AvgIpc) is 2.92. The smallest absolute Gasteiger partial charge is 0.226 e. The van der Waals surface area contributed by atoms with Crippen LogP contribution in [0.15, 0.2) is 23.2 Å². The fourth-order valence-corrected chi connectivity index (χ4v) is 4.50. The summed E-state index contributed by atoms with van der Waals surface area (Å²) in [5.74, 6) is -0.752. The van der Waals surface area contributed by atoms with E-state index in [0.717, 1.165) is 42.0 Å². The van der Waals surface area contributed by atoms with Gasteiger partial charge in [-0.3, -0.25) is 9.79 Å². The number of hydrogen-bond acceptors (Lipinski definition) is 3. The quantitative estimate of drug-likeness (QED) is 0.874. The number of amidine groups is 1. The number of rotatable bonds is 4. The number of carbonyl (C=O) groups is 1. The van der Waals surface area contributed by atoms with Crippen LogP contribution in [-0.4, -0.2) is 40.9 Å². The molecule has 1 amide bonds. The SMILES string of the molecule is CN1C(=NC2CCCCC2)SCC1CC(=O)Nc1cc(F)ccc1F.